The van der Waals surface area contributed by atoms with E-state index in [1.807, 2.05) is 6.07 Å². The van der Waals surface area contributed by atoms with Crippen molar-refractivity contribution in [3.63, 3.8) is 0 Å². The number of thiocarbonyl (C=S) groups is 1. The standard InChI is InChI=1S/C13H15FN2OS/c14-10-3-1-2-9(8-10)4-7-16-12(17)13(5-6-13)11(15)18/h1-3,8H,4-7H2,(H2,15,18)(H,16,17). The molecule has 1 aliphatic rings. The molecule has 1 aliphatic carbocycles. The summed E-state index contributed by atoms with van der Waals surface area (Å²) in [6.45, 7) is 0.465. The fourth-order valence-corrected chi connectivity index (χ4v) is 2.19. The number of hydrogen-bond acceptors (Lipinski definition) is 2. The molecule has 1 fully saturated rings. The van der Waals surface area contributed by atoms with Gasteiger partial charge in [-0.05, 0) is 37.0 Å². The first-order chi connectivity index (χ1) is 8.54. The highest BCUT2D eigenvalue weighted by molar-refractivity contribution is 7.80. The molecular formula is C13H15FN2OS. The number of nitrogens with one attached hydrogen (secondary N) is 1. The fraction of sp³-hybridized carbons (Fsp3) is 0.385. The van der Waals surface area contributed by atoms with E-state index in [0.29, 0.717) is 13.0 Å². The summed E-state index contributed by atoms with van der Waals surface area (Å²) >= 11 is 4.90. The lowest BCUT2D eigenvalue weighted by Gasteiger charge is -2.13. The summed E-state index contributed by atoms with van der Waals surface area (Å²) in [5, 5.41) is 2.81. The molecule has 96 valence electrons. The van der Waals surface area contributed by atoms with Crippen LogP contribution in [0.15, 0.2) is 24.3 Å². The Balaban J connectivity index is 1.83. The van der Waals surface area contributed by atoms with E-state index in [1.165, 1.54) is 12.1 Å². The number of hydrogen-bond donors (Lipinski definition) is 2. The summed E-state index contributed by atoms with van der Waals surface area (Å²) in [4.78, 5) is 12.1. The van der Waals surface area contributed by atoms with Crippen molar-refractivity contribution < 1.29 is 9.18 Å². The first-order valence-electron chi connectivity index (χ1n) is 5.87. The minimum absolute atomic E-state index is 0.105. The molecule has 3 nitrogen and oxygen atoms in total. The number of halogens is 1. The molecule has 0 spiro atoms. The third-order valence-corrected chi connectivity index (χ3v) is 3.64. The van der Waals surface area contributed by atoms with Crippen LogP contribution < -0.4 is 11.1 Å². The van der Waals surface area contributed by atoms with Crippen LogP contribution in [0.4, 0.5) is 4.39 Å². The van der Waals surface area contributed by atoms with Crippen LogP contribution in [0.5, 0.6) is 0 Å². The molecule has 5 heteroatoms. The molecule has 0 heterocycles. The van der Waals surface area contributed by atoms with Gasteiger partial charge in [0.05, 0.1) is 10.4 Å². The SMILES string of the molecule is NC(=S)C1(C(=O)NCCc2cccc(F)c2)CC1. The number of carbonyl (C=O) groups is 1. The Bertz CT molecular complexity index is 486. The van der Waals surface area contributed by atoms with Gasteiger partial charge in [0.1, 0.15) is 5.82 Å². The lowest BCUT2D eigenvalue weighted by molar-refractivity contribution is -0.123. The van der Waals surface area contributed by atoms with Gasteiger partial charge in [-0.15, -0.1) is 0 Å². The average Bonchev–Trinajstić information content (AvgIpc) is 3.10. The van der Waals surface area contributed by atoms with Crippen LogP contribution in [0.25, 0.3) is 0 Å². The van der Waals surface area contributed by atoms with Crippen LogP contribution in [0, 0.1) is 11.2 Å². The molecule has 3 N–H and O–H groups in total. The van der Waals surface area contributed by atoms with Crippen molar-refractivity contribution in [2.75, 3.05) is 6.54 Å². The summed E-state index contributed by atoms with van der Waals surface area (Å²) in [6.07, 6.45) is 2.05. The van der Waals surface area contributed by atoms with E-state index in [-0.39, 0.29) is 16.7 Å². The largest absolute Gasteiger partial charge is 0.392 e. The third kappa shape index (κ3) is 2.67. The van der Waals surface area contributed by atoms with Crippen LogP contribution in [-0.4, -0.2) is 17.4 Å². The van der Waals surface area contributed by atoms with Crippen molar-refractivity contribution in [1.29, 1.82) is 0 Å². The number of benzene rings is 1. The molecule has 0 unspecified atom stereocenters. The summed E-state index contributed by atoms with van der Waals surface area (Å²) in [5.74, 6) is -0.368. The second-order valence-corrected chi connectivity index (χ2v) is 5.02. The topological polar surface area (TPSA) is 55.1 Å². The van der Waals surface area contributed by atoms with E-state index >= 15 is 0 Å². The van der Waals surface area contributed by atoms with Gasteiger partial charge in [0, 0.05) is 6.54 Å². The van der Waals surface area contributed by atoms with Gasteiger partial charge in [0.2, 0.25) is 5.91 Å². The van der Waals surface area contributed by atoms with Crippen LogP contribution in [-0.2, 0) is 11.2 Å². The van der Waals surface area contributed by atoms with Gasteiger partial charge in [0.15, 0.2) is 0 Å². The maximum atomic E-state index is 12.9. The highest BCUT2D eigenvalue weighted by Gasteiger charge is 2.52. The predicted molar refractivity (Wildman–Crippen MR) is 71.6 cm³/mol. The molecule has 0 saturated heterocycles. The van der Waals surface area contributed by atoms with E-state index in [0.717, 1.165) is 18.4 Å². The quantitative estimate of drug-likeness (QED) is 0.795. The molecule has 1 amide bonds. The molecule has 2 rings (SSSR count). The van der Waals surface area contributed by atoms with E-state index in [4.69, 9.17) is 18.0 Å². The van der Waals surface area contributed by atoms with Gasteiger partial charge in [0.25, 0.3) is 0 Å². The molecule has 1 aromatic rings. The summed E-state index contributed by atoms with van der Waals surface area (Å²) < 4.78 is 12.9. The van der Waals surface area contributed by atoms with E-state index in [2.05, 4.69) is 5.32 Å². The van der Waals surface area contributed by atoms with E-state index in [1.54, 1.807) is 6.07 Å². The lowest BCUT2D eigenvalue weighted by Crippen LogP contribution is -2.40. The number of nitrogens with two attached hydrogens (primary N) is 1. The molecule has 0 aliphatic heterocycles. The second-order valence-electron chi connectivity index (χ2n) is 4.58. The monoisotopic (exact) mass is 266 g/mol. The van der Waals surface area contributed by atoms with Gasteiger partial charge in [-0.3, -0.25) is 4.79 Å². The zero-order chi connectivity index (χ0) is 13.2. The molecule has 18 heavy (non-hydrogen) atoms. The highest BCUT2D eigenvalue weighted by atomic mass is 32.1. The maximum absolute atomic E-state index is 12.9. The summed E-state index contributed by atoms with van der Waals surface area (Å²) in [5.41, 5.74) is 5.80. The average molecular weight is 266 g/mol. The Kier molecular flexibility index (Phi) is 3.61. The molecule has 0 bridgehead atoms. The maximum Gasteiger partial charge on any atom is 0.233 e. The Morgan fingerprint density at radius 3 is 2.78 bits per heavy atom. The molecule has 1 saturated carbocycles. The third-order valence-electron chi connectivity index (χ3n) is 3.24. The van der Waals surface area contributed by atoms with Crippen LogP contribution in [0.1, 0.15) is 18.4 Å². The molecule has 0 radical (unpaired) electrons. The van der Waals surface area contributed by atoms with Gasteiger partial charge in [-0.25, -0.2) is 4.39 Å². The van der Waals surface area contributed by atoms with E-state index in [9.17, 15) is 9.18 Å². The molecule has 1 aromatic carbocycles. The number of amides is 1. The van der Waals surface area contributed by atoms with Crippen LogP contribution in [0.3, 0.4) is 0 Å². The van der Waals surface area contributed by atoms with Gasteiger partial charge < -0.3 is 11.1 Å². The molecule has 0 atom stereocenters. The number of rotatable bonds is 5. The Labute approximate surface area is 111 Å². The van der Waals surface area contributed by atoms with Crippen LogP contribution >= 0.6 is 12.2 Å². The summed E-state index contributed by atoms with van der Waals surface area (Å²) in [7, 11) is 0. The van der Waals surface area contributed by atoms with Crippen molar-refractivity contribution in [3.05, 3.63) is 35.6 Å². The van der Waals surface area contributed by atoms with Crippen molar-refractivity contribution >= 4 is 23.1 Å². The Morgan fingerprint density at radius 2 is 2.22 bits per heavy atom. The predicted octanol–water partition coefficient (Wildman–Crippen LogP) is 1.55. The van der Waals surface area contributed by atoms with Crippen molar-refractivity contribution in [2.24, 2.45) is 11.1 Å². The lowest BCUT2D eigenvalue weighted by atomic mass is 10.1. The Hall–Kier alpha value is -1.49. The zero-order valence-corrected chi connectivity index (χ0v) is 10.7. The van der Waals surface area contributed by atoms with Gasteiger partial charge in [-0.2, -0.15) is 0 Å². The second kappa shape index (κ2) is 5.02. The minimum Gasteiger partial charge on any atom is -0.392 e. The molecular weight excluding hydrogens is 251 g/mol. The minimum atomic E-state index is -0.614. The highest BCUT2D eigenvalue weighted by Crippen LogP contribution is 2.46. The normalized spacial score (nSPS) is 16.1. The Morgan fingerprint density at radius 1 is 1.50 bits per heavy atom. The van der Waals surface area contributed by atoms with Crippen molar-refractivity contribution in [2.45, 2.75) is 19.3 Å². The van der Waals surface area contributed by atoms with Crippen LogP contribution in [0.2, 0.25) is 0 Å². The first-order valence-corrected chi connectivity index (χ1v) is 6.28. The van der Waals surface area contributed by atoms with Gasteiger partial charge in [-0.1, -0.05) is 24.4 Å². The smallest absolute Gasteiger partial charge is 0.233 e. The van der Waals surface area contributed by atoms with Gasteiger partial charge >= 0.3 is 0 Å². The number of carbonyl (C=O) groups excluding carboxylic acids is 1. The molecule has 0 aromatic heterocycles. The first kappa shape index (κ1) is 13.0. The van der Waals surface area contributed by atoms with Crippen molar-refractivity contribution in [3.8, 4) is 0 Å². The zero-order valence-electron chi connectivity index (χ0n) is 9.91. The van der Waals surface area contributed by atoms with Crippen molar-refractivity contribution in [1.82, 2.24) is 5.32 Å². The summed E-state index contributed by atoms with van der Waals surface area (Å²) in [6, 6.07) is 6.35. The fourth-order valence-electron chi connectivity index (χ4n) is 1.89. The van der Waals surface area contributed by atoms with E-state index < -0.39 is 5.41 Å².